The lowest BCUT2D eigenvalue weighted by Crippen LogP contribution is -2.02. The number of hydrogen-bond donors (Lipinski definition) is 0. The van der Waals surface area contributed by atoms with Gasteiger partial charge in [-0.3, -0.25) is 0 Å². The molecular formula is C8H4BrF2IN2. The average Bonchev–Trinajstić information content (AvgIpc) is 2.17. The molecule has 0 saturated carbocycles. The van der Waals surface area contributed by atoms with Gasteiger partial charge in [-0.1, -0.05) is 15.9 Å². The predicted octanol–water partition coefficient (Wildman–Crippen LogP) is 3.39. The van der Waals surface area contributed by atoms with E-state index >= 15 is 0 Å². The molecule has 0 bridgehead atoms. The zero-order valence-electron chi connectivity index (χ0n) is 6.77. The number of rotatable bonds is 2. The van der Waals surface area contributed by atoms with Crippen LogP contribution in [0.4, 0.5) is 8.78 Å². The first-order chi connectivity index (χ1) is 6.61. The third-order valence-electron chi connectivity index (χ3n) is 1.64. The summed E-state index contributed by atoms with van der Waals surface area (Å²) in [5.74, 6) is 0. The quantitative estimate of drug-likeness (QED) is 0.453. The number of aromatic nitrogens is 1. The SMILES string of the molecule is N#Cc1cnc(I)c(CBr)c1C(F)F. The van der Waals surface area contributed by atoms with Gasteiger partial charge in [0.2, 0.25) is 0 Å². The zero-order valence-corrected chi connectivity index (χ0v) is 10.5. The van der Waals surface area contributed by atoms with E-state index in [1.165, 1.54) is 6.20 Å². The van der Waals surface area contributed by atoms with Gasteiger partial charge in [-0.05, 0) is 22.6 Å². The van der Waals surface area contributed by atoms with Gasteiger partial charge in [0, 0.05) is 22.7 Å². The maximum atomic E-state index is 12.6. The first-order valence-electron chi connectivity index (χ1n) is 3.53. The second-order valence-corrected chi connectivity index (χ2v) is 3.98. The van der Waals surface area contributed by atoms with Crippen molar-refractivity contribution in [2.45, 2.75) is 11.8 Å². The first kappa shape index (κ1) is 11.8. The second kappa shape index (κ2) is 4.98. The molecule has 1 heterocycles. The standard InChI is InChI=1S/C8H4BrF2IN2/c9-1-5-6(7(10)11)4(2-13)3-14-8(5)12/h3,7H,1H2. The molecule has 0 aliphatic rings. The predicted molar refractivity (Wildman–Crippen MR) is 59.3 cm³/mol. The van der Waals surface area contributed by atoms with E-state index < -0.39 is 6.43 Å². The van der Waals surface area contributed by atoms with Gasteiger partial charge >= 0.3 is 0 Å². The Morgan fingerprint density at radius 2 is 2.29 bits per heavy atom. The Hall–Kier alpha value is -0.290. The monoisotopic (exact) mass is 372 g/mol. The molecule has 2 nitrogen and oxygen atoms in total. The van der Waals surface area contributed by atoms with Crippen LogP contribution in [0.15, 0.2) is 6.20 Å². The number of alkyl halides is 3. The summed E-state index contributed by atoms with van der Waals surface area (Å²) in [5, 5.41) is 8.91. The Kier molecular flexibility index (Phi) is 4.19. The van der Waals surface area contributed by atoms with Crippen molar-refractivity contribution in [3.8, 4) is 6.07 Å². The van der Waals surface area contributed by atoms with E-state index in [1.807, 2.05) is 22.6 Å². The molecule has 0 aliphatic carbocycles. The van der Waals surface area contributed by atoms with Crippen LogP contribution in [0.5, 0.6) is 0 Å². The fraction of sp³-hybridized carbons (Fsp3) is 0.250. The van der Waals surface area contributed by atoms with Crippen LogP contribution >= 0.6 is 38.5 Å². The van der Waals surface area contributed by atoms with E-state index in [1.54, 1.807) is 6.07 Å². The Balaban J connectivity index is 3.46. The van der Waals surface area contributed by atoms with Crippen molar-refractivity contribution in [3.63, 3.8) is 0 Å². The fourth-order valence-corrected chi connectivity index (χ4v) is 2.72. The molecule has 0 atom stereocenters. The van der Waals surface area contributed by atoms with Gasteiger partial charge in [-0.25, -0.2) is 13.8 Å². The van der Waals surface area contributed by atoms with Crippen molar-refractivity contribution in [1.29, 1.82) is 5.26 Å². The van der Waals surface area contributed by atoms with Crippen LogP contribution in [0.25, 0.3) is 0 Å². The summed E-state index contributed by atoms with van der Waals surface area (Å²) >= 11 is 4.97. The molecule has 0 N–H and O–H groups in total. The molecule has 74 valence electrons. The smallest absolute Gasteiger partial charge is 0.249 e. The molecule has 0 aliphatic heterocycles. The Morgan fingerprint density at radius 3 is 2.71 bits per heavy atom. The fourth-order valence-electron chi connectivity index (χ4n) is 1.01. The molecule has 0 saturated heterocycles. The molecule has 0 radical (unpaired) electrons. The lowest BCUT2D eigenvalue weighted by Gasteiger charge is -2.09. The molecule has 0 aromatic carbocycles. The van der Waals surface area contributed by atoms with E-state index in [-0.39, 0.29) is 16.5 Å². The normalized spacial score (nSPS) is 10.3. The Bertz CT molecular complexity index is 390. The van der Waals surface area contributed by atoms with Gasteiger partial charge in [0.1, 0.15) is 9.77 Å². The van der Waals surface area contributed by atoms with Crippen LogP contribution in [-0.4, -0.2) is 4.98 Å². The third kappa shape index (κ3) is 2.20. The topological polar surface area (TPSA) is 36.7 Å². The summed E-state index contributed by atoms with van der Waals surface area (Å²) < 4.78 is 25.8. The van der Waals surface area contributed by atoms with E-state index in [2.05, 4.69) is 20.9 Å². The number of nitrogens with zero attached hydrogens (tertiary/aromatic N) is 2. The number of pyridine rings is 1. The van der Waals surface area contributed by atoms with Crippen LogP contribution < -0.4 is 0 Å². The molecule has 1 aromatic rings. The minimum absolute atomic E-state index is 0.0603. The zero-order chi connectivity index (χ0) is 10.7. The first-order valence-corrected chi connectivity index (χ1v) is 5.73. The van der Waals surface area contributed by atoms with Crippen molar-refractivity contribution in [2.24, 2.45) is 0 Å². The number of halogens is 4. The molecule has 0 unspecified atom stereocenters. The van der Waals surface area contributed by atoms with Crippen molar-refractivity contribution in [1.82, 2.24) is 4.98 Å². The van der Waals surface area contributed by atoms with E-state index in [4.69, 9.17) is 5.26 Å². The van der Waals surface area contributed by atoms with Gasteiger partial charge in [0.25, 0.3) is 6.43 Å². The highest BCUT2D eigenvalue weighted by Gasteiger charge is 2.20. The summed E-state index contributed by atoms with van der Waals surface area (Å²) in [6.45, 7) is 0. The summed E-state index contributed by atoms with van der Waals surface area (Å²) in [6.07, 6.45) is -1.47. The van der Waals surface area contributed by atoms with Crippen molar-refractivity contribution in [2.75, 3.05) is 0 Å². The third-order valence-corrected chi connectivity index (χ3v) is 3.13. The maximum absolute atomic E-state index is 12.6. The van der Waals surface area contributed by atoms with Gasteiger partial charge in [-0.15, -0.1) is 0 Å². The number of nitriles is 1. The van der Waals surface area contributed by atoms with Gasteiger partial charge < -0.3 is 0 Å². The average molecular weight is 373 g/mol. The Morgan fingerprint density at radius 1 is 1.64 bits per heavy atom. The summed E-state index contributed by atoms with van der Waals surface area (Å²) in [5.41, 5.74) is 0.110. The molecule has 0 spiro atoms. The minimum atomic E-state index is -2.64. The van der Waals surface area contributed by atoms with E-state index in [0.29, 0.717) is 9.26 Å². The molecule has 0 amide bonds. The van der Waals surface area contributed by atoms with Crippen LogP contribution in [0, 0.1) is 15.0 Å². The molecule has 6 heteroatoms. The number of hydrogen-bond acceptors (Lipinski definition) is 2. The molecule has 14 heavy (non-hydrogen) atoms. The lowest BCUT2D eigenvalue weighted by molar-refractivity contribution is 0.150. The lowest BCUT2D eigenvalue weighted by atomic mass is 10.1. The van der Waals surface area contributed by atoms with Gasteiger partial charge in [0.15, 0.2) is 0 Å². The van der Waals surface area contributed by atoms with Crippen LogP contribution in [0.2, 0.25) is 0 Å². The summed E-state index contributed by atoms with van der Waals surface area (Å²) in [6, 6.07) is 1.71. The van der Waals surface area contributed by atoms with Crippen LogP contribution in [0.1, 0.15) is 23.1 Å². The maximum Gasteiger partial charge on any atom is 0.265 e. The van der Waals surface area contributed by atoms with Crippen LogP contribution in [-0.2, 0) is 5.33 Å². The second-order valence-electron chi connectivity index (χ2n) is 2.40. The molecule has 1 aromatic heterocycles. The van der Waals surface area contributed by atoms with Crippen LogP contribution in [0.3, 0.4) is 0 Å². The highest BCUT2D eigenvalue weighted by Crippen LogP contribution is 2.29. The molecular weight excluding hydrogens is 369 g/mol. The van der Waals surface area contributed by atoms with Crippen molar-refractivity contribution in [3.05, 3.63) is 26.6 Å². The van der Waals surface area contributed by atoms with Crippen molar-refractivity contribution < 1.29 is 8.78 Å². The summed E-state index contributed by atoms with van der Waals surface area (Å²) in [7, 11) is 0. The largest absolute Gasteiger partial charge is 0.265 e. The van der Waals surface area contributed by atoms with E-state index in [0.717, 1.165) is 0 Å². The highest BCUT2D eigenvalue weighted by molar-refractivity contribution is 14.1. The highest BCUT2D eigenvalue weighted by atomic mass is 127. The molecule has 1 rings (SSSR count). The van der Waals surface area contributed by atoms with Gasteiger partial charge in [-0.2, -0.15) is 5.26 Å². The molecule has 0 fully saturated rings. The minimum Gasteiger partial charge on any atom is -0.249 e. The van der Waals surface area contributed by atoms with Gasteiger partial charge in [0.05, 0.1) is 5.56 Å². The Labute approximate surface area is 102 Å². The van der Waals surface area contributed by atoms with Crippen molar-refractivity contribution >= 4 is 38.5 Å². The summed E-state index contributed by atoms with van der Waals surface area (Å²) in [4.78, 5) is 3.86. The van der Waals surface area contributed by atoms with E-state index in [9.17, 15) is 8.78 Å².